The third kappa shape index (κ3) is 1.22. The van der Waals surface area contributed by atoms with Gasteiger partial charge in [-0.05, 0) is 36.8 Å². The Morgan fingerprint density at radius 3 is 2.83 bits per heavy atom. The van der Waals surface area contributed by atoms with E-state index in [1.54, 1.807) is 0 Å². The second kappa shape index (κ2) is 2.85. The molecular formula is C10H14N2. The number of hydrogen-bond acceptors (Lipinski definition) is 2. The second-order valence-corrected chi connectivity index (χ2v) is 3.75. The van der Waals surface area contributed by atoms with Crippen molar-refractivity contribution in [2.75, 3.05) is 0 Å². The van der Waals surface area contributed by atoms with Crippen molar-refractivity contribution in [3.63, 3.8) is 0 Å². The van der Waals surface area contributed by atoms with Gasteiger partial charge in [0.25, 0.3) is 0 Å². The normalized spacial score (nSPS) is 15.2. The van der Waals surface area contributed by atoms with E-state index in [9.17, 15) is 0 Å². The summed E-state index contributed by atoms with van der Waals surface area (Å²) in [6, 6.07) is 2.22. The maximum absolute atomic E-state index is 4.23. The lowest BCUT2D eigenvalue weighted by molar-refractivity contribution is 0.770. The molecule has 2 nitrogen and oxygen atoms in total. The lowest BCUT2D eigenvalue weighted by atomic mass is 10.1. The van der Waals surface area contributed by atoms with Crippen molar-refractivity contribution in [3.05, 3.63) is 23.0 Å². The molecule has 0 saturated carbocycles. The average Bonchev–Trinajstić information content (AvgIpc) is 2.49. The summed E-state index contributed by atoms with van der Waals surface area (Å²) in [7, 11) is 0. The van der Waals surface area contributed by atoms with E-state index < -0.39 is 0 Å². The van der Waals surface area contributed by atoms with Crippen LogP contribution in [0.15, 0.2) is 6.07 Å². The van der Waals surface area contributed by atoms with Crippen LogP contribution in [-0.2, 0) is 12.8 Å². The van der Waals surface area contributed by atoms with E-state index >= 15 is 0 Å². The minimum Gasteiger partial charge on any atom is -0.155 e. The van der Waals surface area contributed by atoms with Gasteiger partial charge in [-0.2, -0.15) is 10.2 Å². The standard InChI is InChI=1S/C10H14N2/c1-7(2)10-6-8-4-3-5-9(8)11-12-10/h6-7H,3-5H2,1-2H3. The highest BCUT2D eigenvalue weighted by Crippen LogP contribution is 2.21. The first-order chi connectivity index (χ1) is 5.77. The molecule has 0 bridgehead atoms. The molecule has 0 radical (unpaired) electrons. The summed E-state index contributed by atoms with van der Waals surface area (Å²) in [5.74, 6) is 0.503. The molecule has 1 aliphatic carbocycles. The lowest BCUT2D eigenvalue weighted by Crippen LogP contribution is -1.99. The summed E-state index contributed by atoms with van der Waals surface area (Å²) >= 11 is 0. The van der Waals surface area contributed by atoms with Crippen LogP contribution in [0.1, 0.15) is 43.1 Å². The zero-order chi connectivity index (χ0) is 8.55. The van der Waals surface area contributed by atoms with Crippen molar-refractivity contribution < 1.29 is 0 Å². The van der Waals surface area contributed by atoms with E-state index in [4.69, 9.17) is 0 Å². The van der Waals surface area contributed by atoms with Crippen molar-refractivity contribution in [2.24, 2.45) is 0 Å². The van der Waals surface area contributed by atoms with E-state index in [0.717, 1.165) is 12.1 Å². The lowest BCUT2D eigenvalue weighted by Gasteiger charge is -2.04. The highest BCUT2D eigenvalue weighted by Gasteiger charge is 2.14. The third-order valence-corrected chi connectivity index (χ3v) is 2.43. The van der Waals surface area contributed by atoms with E-state index in [1.165, 1.54) is 24.1 Å². The molecule has 0 saturated heterocycles. The molecule has 0 spiro atoms. The smallest absolute Gasteiger partial charge is 0.0663 e. The van der Waals surface area contributed by atoms with Crippen LogP contribution in [0.25, 0.3) is 0 Å². The SMILES string of the molecule is CC(C)c1cc2c(nn1)CCC2. The summed E-state index contributed by atoms with van der Waals surface area (Å²) in [5.41, 5.74) is 3.78. The van der Waals surface area contributed by atoms with Gasteiger partial charge in [0.15, 0.2) is 0 Å². The second-order valence-electron chi connectivity index (χ2n) is 3.75. The Hall–Kier alpha value is -0.920. The van der Waals surface area contributed by atoms with Gasteiger partial charge >= 0.3 is 0 Å². The van der Waals surface area contributed by atoms with Gasteiger partial charge < -0.3 is 0 Å². The van der Waals surface area contributed by atoms with Crippen LogP contribution in [0, 0.1) is 0 Å². The minimum atomic E-state index is 0.503. The minimum absolute atomic E-state index is 0.503. The molecule has 2 rings (SSSR count). The van der Waals surface area contributed by atoms with Gasteiger partial charge in [-0.1, -0.05) is 13.8 Å². The van der Waals surface area contributed by atoms with Crippen LogP contribution in [0.2, 0.25) is 0 Å². The number of aryl methyl sites for hydroxylation is 2. The topological polar surface area (TPSA) is 25.8 Å². The van der Waals surface area contributed by atoms with Gasteiger partial charge in [-0.3, -0.25) is 0 Å². The van der Waals surface area contributed by atoms with E-state index in [-0.39, 0.29) is 0 Å². The molecule has 1 aromatic heterocycles. The predicted molar refractivity (Wildman–Crippen MR) is 48.1 cm³/mol. The molecule has 1 heterocycles. The molecule has 12 heavy (non-hydrogen) atoms. The van der Waals surface area contributed by atoms with Crippen LogP contribution in [0.5, 0.6) is 0 Å². The maximum atomic E-state index is 4.23. The fourth-order valence-corrected chi connectivity index (χ4v) is 1.63. The summed E-state index contributed by atoms with van der Waals surface area (Å²) in [5, 5.41) is 8.43. The van der Waals surface area contributed by atoms with Crippen molar-refractivity contribution in [3.8, 4) is 0 Å². The quantitative estimate of drug-likeness (QED) is 0.632. The number of hydrogen-bond donors (Lipinski definition) is 0. The van der Waals surface area contributed by atoms with Crippen LogP contribution < -0.4 is 0 Å². The van der Waals surface area contributed by atoms with Gasteiger partial charge in [-0.15, -0.1) is 0 Å². The summed E-state index contributed by atoms with van der Waals surface area (Å²) in [6.07, 6.45) is 3.58. The van der Waals surface area contributed by atoms with Crippen LogP contribution in [-0.4, -0.2) is 10.2 Å². The first kappa shape index (κ1) is 7.71. The largest absolute Gasteiger partial charge is 0.155 e. The Bertz CT molecular complexity index is 292. The first-order valence-corrected chi connectivity index (χ1v) is 4.63. The van der Waals surface area contributed by atoms with Crippen molar-refractivity contribution in [1.29, 1.82) is 0 Å². The molecule has 0 aromatic carbocycles. The van der Waals surface area contributed by atoms with Gasteiger partial charge in [-0.25, -0.2) is 0 Å². The fourth-order valence-electron chi connectivity index (χ4n) is 1.63. The summed E-state index contributed by atoms with van der Waals surface area (Å²) in [6.45, 7) is 4.32. The highest BCUT2D eigenvalue weighted by atomic mass is 15.1. The van der Waals surface area contributed by atoms with Gasteiger partial charge in [0.2, 0.25) is 0 Å². The Balaban J connectivity index is 2.39. The van der Waals surface area contributed by atoms with Crippen molar-refractivity contribution in [1.82, 2.24) is 10.2 Å². The van der Waals surface area contributed by atoms with Crippen LogP contribution >= 0.6 is 0 Å². The Morgan fingerprint density at radius 2 is 2.08 bits per heavy atom. The predicted octanol–water partition coefficient (Wildman–Crippen LogP) is 2.09. The molecule has 0 aliphatic heterocycles. The van der Waals surface area contributed by atoms with Gasteiger partial charge in [0.1, 0.15) is 0 Å². The Morgan fingerprint density at radius 1 is 1.25 bits per heavy atom. The molecular weight excluding hydrogens is 148 g/mol. The zero-order valence-corrected chi connectivity index (χ0v) is 7.67. The third-order valence-electron chi connectivity index (χ3n) is 2.43. The number of fused-ring (bicyclic) bond motifs is 1. The summed E-state index contributed by atoms with van der Waals surface area (Å²) in [4.78, 5) is 0. The average molecular weight is 162 g/mol. The fraction of sp³-hybridized carbons (Fsp3) is 0.600. The molecule has 0 fully saturated rings. The van der Waals surface area contributed by atoms with Crippen molar-refractivity contribution >= 4 is 0 Å². The highest BCUT2D eigenvalue weighted by molar-refractivity contribution is 5.26. The molecule has 1 aromatic rings. The number of nitrogens with zero attached hydrogens (tertiary/aromatic N) is 2. The molecule has 1 aliphatic rings. The molecule has 0 amide bonds. The monoisotopic (exact) mass is 162 g/mol. The molecule has 0 N–H and O–H groups in total. The molecule has 0 atom stereocenters. The van der Waals surface area contributed by atoms with Crippen molar-refractivity contribution in [2.45, 2.75) is 39.0 Å². The number of rotatable bonds is 1. The summed E-state index contributed by atoms with van der Waals surface area (Å²) < 4.78 is 0. The van der Waals surface area contributed by atoms with Gasteiger partial charge in [0.05, 0.1) is 11.4 Å². The Kier molecular flexibility index (Phi) is 1.83. The maximum Gasteiger partial charge on any atom is 0.0663 e. The van der Waals surface area contributed by atoms with E-state index in [0.29, 0.717) is 5.92 Å². The van der Waals surface area contributed by atoms with E-state index in [2.05, 4.69) is 30.1 Å². The molecule has 2 heteroatoms. The van der Waals surface area contributed by atoms with Crippen LogP contribution in [0.4, 0.5) is 0 Å². The Labute approximate surface area is 73.0 Å². The van der Waals surface area contributed by atoms with Crippen LogP contribution in [0.3, 0.4) is 0 Å². The molecule has 64 valence electrons. The molecule has 0 unspecified atom stereocenters. The first-order valence-electron chi connectivity index (χ1n) is 4.63. The van der Waals surface area contributed by atoms with Gasteiger partial charge in [0, 0.05) is 0 Å². The number of aromatic nitrogens is 2. The zero-order valence-electron chi connectivity index (χ0n) is 7.67. The van der Waals surface area contributed by atoms with E-state index in [1.807, 2.05) is 0 Å².